The van der Waals surface area contributed by atoms with E-state index in [0.717, 1.165) is 36.4 Å². The Balaban J connectivity index is 1.33. The minimum Gasteiger partial charge on any atom is -0.493 e. The zero-order valence-corrected chi connectivity index (χ0v) is 19.2. The predicted molar refractivity (Wildman–Crippen MR) is 131 cm³/mol. The molecule has 3 aromatic carbocycles. The molecule has 0 aromatic heterocycles. The van der Waals surface area contributed by atoms with Gasteiger partial charge in [0.2, 0.25) is 5.91 Å². The number of hydrogen-bond donors (Lipinski definition) is 0. The molecule has 170 valence electrons. The summed E-state index contributed by atoms with van der Waals surface area (Å²) in [4.78, 5) is 15.0. The maximum atomic E-state index is 13.0. The Labute approximate surface area is 196 Å². The summed E-state index contributed by atoms with van der Waals surface area (Å²) in [7, 11) is 1.68. The molecule has 5 rings (SSSR count). The van der Waals surface area contributed by atoms with Crippen LogP contribution >= 0.6 is 0 Å². The van der Waals surface area contributed by atoms with Gasteiger partial charge < -0.3 is 14.4 Å². The van der Waals surface area contributed by atoms with Crippen LogP contribution in [0.25, 0.3) is 11.1 Å². The van der Waals surface area contributed by atoms with E-state index in [2.05, 4.69) is 60.7 Å². The molecule has 2 fully saturated rings. The third-order valence-electron chi connectivity index (χ3n) is 6.93. The molecule has 2 aliphatic rings. The number of nitrogens with zero attached hydrogens (tertiary/aromatic N) is 1. The maximum absolute atomic E-state index is 13.0. The molecule has 1 amide bonds. The Morgan fingerprint density at radius 2 is 1.67 bits per heavy atom. The monoisotopic (exact) mass is 441 g/mol. The lowest BCUT2D eigenvalue weighted by atomic mass is 9.97. The van der Waals surface area contributed by atoms with Gasteiger partial charge in [0.25, 0.3) is 0 Å². The van der Waals surface area contributed by atoms with Gasteiger partial charge in [-0.3, -0.25) is 4.79 Å². The van der Waals surface area contributed by atoms with Gasteiger partial charge >= 0.3 is 0 Å². The first kappa shape index (κ1) is 21.6. The van der Waals surface area contributed by atoms with Crippen molar-refractivity contribution in [2.45, 2.75) is 50.7 Å². The van der Waals surface area contributed by atoms with Gasteiger partial charge in [0.1, 0.15) is 0 Å². The minimum atomic E-state index is 0.165. The van der Waals surface area contributed by atoms with Crippen LogP contribution in [0.1, 0.15) is 49.1 Å². The van der Waals surface area contributed by atoms with Gasteiger partial charge in [-0.1, -0.05) is 60.7 Å². The van der Waals surface area contributed by atoms with Crippen LogP contribution in [0.2, 0.25) is 0 Å². The average Bonchev–Trinajstić information content (AvgIpc) is 3.50. The van der Waals surface area contributed by atoms with Gasteiger partial charge in [-0.15, -0.1) is 0 Å². The molecular weight excluding hydrogens is 410 g/mol. The Morgan fingerprint density at radius 1 is 0.909 bits per heavy atom. The van der Waals surface area contributed by atoms with Crippen LogP contribution < -0.4 is 9.47 Å². The van der Waals surface area contributed by atoms with E-state index < -0.39 is 0 Å². The van der Waals surface area contributed by atoms with E-state index in [1.165, 1.54) is 29.5 Å². The normalized spacial score (nSPS) is 18.6. The van der Waals surface area contributed by atoms with Crippen molar-refractivity contribution in [3.8, 4) is 22.6 Å². The molecular formula is C29H31NO3. The Kier molecular flexibility index (Phi) is 6.34. The van der Waals surface area contributed by atoms with Gasteiger partial charge in [0.15, 0.2) is 11.5 Å². The Hall–Kier alpha value is -3.27. The smallest absolute Gasteiger partial charge is 0.223 e. The molecule has 0 N–H and O–H groups in total. The average molecular weight is 442 g/mol. The molecule has 1 atom stereocenters. The lowest BCUT2D eigenvalue weighted by Gasteiger charge is -2.20. The summed E-state index contributed by atoms with van der Waals surface area (Å²) in [6.45, 7) is 1.35. The van der Waals surface area contributed by atoms with Crippen LogP contribution in [0.15, 0.2) is 72.8 Å². The van der Waals surface area contributed by atoms with Crippen molar-refractivity contribution in [1.82, 2.24) is 4.90 Å². The Bertz CT molecular complexity index is 1100. The molecule has 0 spiro atoms. The van der Waals surface area contributed by atoms with Crippen molar-refractivity contribution < 1.29 is 14.3 Å². The van der Waals surface area contributed by atoms with Gasteiger partial charge in [0, 0.05) is 25.4 Å². The molecule has 1 heterocycles. The molecule has 33 heavy (non-hydrogen) atoms. The van der Waals surface area contributed by atoms with E-state index in [0.29, 0.717) is 13.0 Å². The van der Waals surface area contributed by atoms with E-state index in [-0.39, 0.29) is 17.9 Å². The summed E-state index contributed by atoms with van der Waals surface area (Å²) in [5.74, 6) is 1.95. The largest absolute Gasteiger partial charge is 0.493 e. The molecule has 1 aliphatic heterocycles. The van der Waals surface area contributed by atoms with E-state index in [1.54, 1.807) is 7.11 Å². The summed E-state index contributed by atoms with van der Waals surface area (Å²) >= 11 is 0. The summed E-state index contributed by atoms with van der Waals surface area (Å²) in [6.07, 6.45) is 5.45. The van der Waals surface area contributed by atoms with Crippen molar-refractivity contribution in [1.29, 1.82) is 0 Å². The summed E-state index contributed by atoms with van der Waals surface area (Å²) in [6, 6.07) is 24.9. The van der Waals surface area contributed by atoms with Crippen molar-refractivity contribution in [2.24, 2.45) is 0 Å². The van der Waals surface area contributed by atoms with Gasteiger partial charge in [-0.2, -0.15) is 0 Å². The number of benzene rings is 3. The molecule has 1 saturated carbocycles. The van der Waals surface area contributed by atoms with E-state index in [9.17, 15) is 4.79 Å². The van der Waals surface area contributed by atoms with Crippen molar-refractivity contribution in [2.75, 3.05) is 13.7 Å². The molecule has 3 aromatic rings. The second-order valence-corrected chi connectivity index (χ2v) is 9.13. The van der Waals surface area contributed by atoms with Crippen LogP contribution in [0.3, 0.4) is 0 Å². The number of hydrogen-bond acceptors (Lipinski definition) is 3. The van der Waals surface area contributed by atoms with Crippen LogP contribution in [0.5, 0.6) is 11.5 Å². The van der Waals surface area contributed by atoms with Crippen LogP contribution in [-0.2, 0) is 11.3 Å². The van der Waals surface area contributed by atoms with Crippen molar-refractivity contribution in [3.63, 3.8) is 0 Å². The van der Waals surface area contributed by atoms with E-state index in [4.69, 9.17) is 9.47 Å². The van der Waals surface area contributed by atoms with Gasteiger partial charge in [-0.05, 0) is 60.1 Å². The maximum Gasteiger partial charge on any atom is 0.223 e. The lowest BCUT2D eigenvalue weighted by Crippen LogP contribution is -2.24. The summed E-state index contributed by atoms with van der Waals surface area (Å²) in [5, 5.41) is 0. The molecule has 0 unspecified atom stereocenters. The van der Waals surface area contributed by atoms with E-state index >= 15 is 0 Å². The highest BCUT2D eigenvalue weighted by molar-refractivity contribution is 5.80. The zero-order chi connectivity index (χ0) is 22.6. The third-order valence-corrected chi connectivity index (χ3v) is 6.93. The van der Waals surface area contributed by atoms with Crippen molar-refractivity contribution >= 4 is 5.91 Å². The number of carbonyl (C=O) groups is 1. The molecule has 1 saturated heterocycles. The van der Waals surface area contributed by atoms with Crippen LogP contribution in [0, 0.1) is 0 Å². The summed E-state index contributed by atoms with van der Waals surface area (Å²) in [5.41, 5.74) is 4.69. The predicted octanol–water partition coefficient (Wildman–Crippen LogP) is 6.20. The second kappa shape index (κ2) is 9.70. The third kappa shape index (κ3) is 4.75. The number of rotatable bonds is 7. The van der Waals surface area contributed by atoms with Crippen molar-refractivity contribution in [3.05, 3.63) is 83.9 Å². The quantitative estimate of drug-likeness (QED) is 0.438. The number of ether oxygens (including phenoxy) is 2. The molecule has 4 nitrogen and oxygen atoms in total. The first-order valence-electron chi connectivity index (χ1n) is 12.0. The molecule has 4 heteroatoms. The fourth-order valence-corrected chi connectivity index (χ4v) is 5.14. The van der Waals surface area contributed by atoms with Crippen LogP contribution in [-0.4, -0.2) is 30.6 Å². The highest BCUT2D eigenvalue weighted by Crippen LogP contribution is 2.37. The SMILES string of the molecule is COc1ccc([C@H]2CC(=O)N(Cc3ccccc3-c3ccccc3)C2)cc1OC1CCCC1. The standard InChI is InChI=1S/C29H31NO3/c1-32-27-16-15-22(17-28(27)33-25-12-6-7-13-25)24-18-29(31)30(20-24)19-23-11-5-8-14-26(23)21-9-3-2-4-10-21/h2-5,8-11,14-17,24-25H,6-7,12-13,18-20H2,1H3/t24-/m0/s1. The molecule has 0 bridgehead atoms. The highest BCUT2D eigenvalue weighted by Gasteiger charge is 2.32. The summed E-state index contributed by atoms with van der Waals surface area (Å²) < 4.78 is 11.8. The Morgan fingerprint density at radius 3 is 2.45 bits per heavy atom. The van der Waals surface area contributed by atoms with Gasteiger partial charge in [-0.25, -0.2) is 0 Å². The first-order chi connectivity index (χ1) is 16.2. The van der Waals surface area contributed by atoms with Gasteiger partial charge in [0.05, 0.1) is 13.2 Å². The zero-order valence-electron chi connectivity index (χ0n) is 19.2. The second-order valence-electron chi connectivity index (χ2n) is 9.13. The number of likely N-dealkylation sites (tertiary alicyclic amines) is 1. The molecule has 0 radical (unpaired) electrons. The molecule has 1 aliphatic carbocycles. The van der Waals surface area contributed by atoms with Crippen LogP contribution in [0.4, 0.5) is 0 Å². The highest BCUT2D eigenvalue weighted by atomic mass is 16.5. The number of amides is 1. The topological polar surface area (TPSA) is 38.8 Å². The first-order valence-corrected chi connectivity index (χ1v) is 12.0. The van der Waals surface area contributed by atoms with E-state index in [1.807, 2.05) is 17.0 Å². The fraction of sp³-hybridized carbons (Fsp3) is 0.345. The number of methoxy groups -OCH3 is 1. The lowest BCUT2D eigenvalue weighted by molar-refractivity contribution is -0.128. The minimum absolute atomic E-state index is 0.165. The fourth-order valence-electron chi connectivity index (χ4n) is 5.14. The number of carbonyl (C=O) groups excluding carboxylic acids is 1.